The van der Waals surface area contributed by atoms with Gasteiger partial charge in [-0.15, -0.1) is 11.3 Å². The zero-order valence-corrected chi connectivity index (χ0v) is 18.1. The number of benzene rings is 1. The van der Waals surface area contributed by atoms with Gasteiger partial charge in [0.2, 0.25) is 0 Å². The second-order valence-corrected chi connectivity index (χ2v) is 8.87. The minimum Gasteiger partial charge on any atom is -0.364 e. The number of rotatable bonds is 5. The van der Waals surface area contributed by atoms with Crippen LogP contribution in [0.1, 0.15) is 34.4 Å². The summed E-state index contributed by atoms with van der Waals surface area (Å²) >= 11 is 0.795. The Morgan fingerprint density at radius 2 is 2.06 bits per heavy atom. The summed E-state index contributed by atoms with van der Waals surface area (Å²) in [5.74, 6) is -0.794. The number of hydrogen-bond acceptors (Lipinski definition) is 6. The molecule has 3 aromatic rings. The van der Waals surface area contributed by atoms with Crippen LogP contribution >= 0.6 is 11.3 Å². The summed E-state index contributed by atoms with van der Waals surface area (Å²) in [7, 11) is 0. The van der Waals surface area contributed by atoms with E-state index in [2.05, 4.69) is 9.97 Å². The van der Waals surface area contributed by atoms with Crippen LogP contribution in [0.2, 0.25) is 0 Å². The van der Waals surface area contributed by atoms with E-state index in [0.717, 1.165) is 11.3 Å². The van der Waals surface area contributed by atoms with E-state index in [1.165, 1.54) is 12.3 Å². The van der Waals surface area contributed by atoms with E-state index in [9.17, 15) is 26.7 Å². The van der Waals surface area contributed by atoms with Gasteiger partial charge in [0.15, 0.2) is 11.1 Å². The highest BCUT2D eigenvalue weighted by atomic mass is 32.1. The largest absolute Gasteiger partial charge is 0.415 e. The number of hydrogen-bond donors (Lipinski definition) is 1. The SMILES string of the molecule is C[C@@H]1CN(Cc2ccc3c(-c4cnc(C(F)F)s4)cc(C(N)=O)nc3c2)C[C@H](C(F)(F)F)O1. The Kier molecular flexibility index (Phi) is 6.34. The third-order valence-electron chi connectivity index (χ3n) is 5.21. The van der Waals surface area contributed by atoms with Gasteiger partial charge in [-0.25, -0.2) is 18.7 Å². The number of alkyl halides is 5. The summed E-state index contributed by atoms with van der Waals surface area (Å²) in [5.41, 5.74) is 6.87. The van der Waals surface area contributed by atoms with Crippen LogP contribution in [-0.2, 0) is 11.3 Å². The minimum absolute atomic E-state index is 0.0567. The van der Waals surface area contributed by atoms with Gasteiger partial charge in [-0.3, -0.25) is 9.69 Å². The summed E-state index contributed by atoms with van der Waals surface area (Å²) in [6.45, 7) is 1.82. The lowest BCUT2D eigenvalue weighted by Gasteiger charge is -2.37. The van der Waals surface area contributed by atoms with Crippen LogP contribution in [0, 0.1) is 0 Å². The lowest BCUT2D eigenvalue weighted by atomic mass is 10.0. The molecular formula is C21H19F5N4O2S. The van der Waals surface area contributed by atoms with Gasteiger partial charge in [-0.2, -0.15) is 13.2 Å². The van der Waals surface area contributed by atoms with Crippen molar-refractivity contribution in [3.63, 3.8) is 0 Å². The van der Waals surface area contributed by atoms with E-state index < -0.39 is 30.7 Å². The quantitative estimate of drug-likeness (QED) is 0.536. The van der Waals surface area contributed by atoms with Gasteiger partial charge in [0.25, 0.3) is 12.3 Å². The number of nitrogens with two attached hydrogens (primary N) is 1. The van der Waals surface area contributed by atoms with E-state index in [-0.39, 0.29) is 23.8 Å². The smallest absolute Gasteiger partial charge is 0.364 e. The van der Waals surface area contributed by atoms with Gasteiger partial charge in [-0.05, 0) is 24.6 Å². The number of primary amides is 1. The normalized spacial score (nSPS) is 20.0. The molecule has 0 aliphatic carbocycles. The molecule has 2 aromatic heterocycles. The Morgan fingerprint density at radius 3 is 2.70 bits per heavy atom. The van der Waals surface area contributed by atoms with Gasteiger partial charge < -0.3 is 10.5 Å². The van der Waals surface area contributed by atoms with Crippen LogP contribution in [0.5, 0.6) is 0 Å². The standard InChI is InChI=1S/C21H19F5N4O2S/c1-10-7-30(9-17(32-10)21(24,25)26)8-11-2-3-12-13(16-6-28-20(33-16)18(22)23)5-15(19(27)31)29-14(12)4-11/h2-6,10,17-18H,7-9H2,1H3,(H2,27,31)/t10-,17-/m1/s1. The maximum Gasteiger partial charge on any atom is 0.415 e. The van der Waals surface area contributed by atoms with E-state index in [1.54, 1.807) is 30.0 Å². The molecule has 1 amide bonds. The fourth-order valence-electron chi connectivity index (χ4n) is 3.82. The van der Waals surface area contributed by atoms with E-state index in [4.69, 9.17) is 10.5 Å². The Labute approximate surface area is 189 Å². The Morgan fingerprint density at radius 1 is 1.30 bits per heavy atom. The first-order valence-corrected chi connectivity index (χ1v) is 10.7. The topological polar surface area (TPSA) is 81.3 Å². The average molecular weight is 486 g/mol. The molecule has 0 saturated carbocycles. The first-order valence-electron chi connectivity index (χ1n) is 9.93. The summed E-state index contributed by atoms with van der Waals surface area (Å²) in [6.07, 6.45) is -8.35. The zero-order chi connectivity index (χ0) is 23.9. The second kappa shape index (κ2) is 8.92. The number of morpholine rings is 1. The molecule has 2 N–H and O–H groups in total. The van der Waals surface area contributed by atoms with Gasteiger partial charge in [0.05, 0.1) is 16.5 Å². The lowest BCUT2D eigenvalue weighted by Crippen LogP contribution is -2.51. The molecule has 3 heterocycles. The van der Waals surface area contributed by atoms with Crippen molar-refractivity contribution in [2.45, 2.75) is 38.3 Å². The van der Waals surface area contributed by atoms with Crippen LogP contribution in [0.15, 0.2) is 30.5 Å². The number of thiazole rings is 1. The number of fused-ring (bicyclic) bond motifs is 1. The van der Waals surface area contributed by atoms with Crippen molar-refractivity contribution in [1.82, 2.24) is 14.9 Å². The van der Waals surface area contributed by atoms with E-state index >= 15 is 0 Å². The zero-order valence-electron chi connectivity index (χ0n) is 17.3. The highest BCUT2D eigenvalue weighted by molar-refractivity contribution is 7.15. The molecule has 33 heavy (non-hydrogen) atoms. The van der Waals surface area contributed by atoms with Crippen molar-refractivity contribution in [3.05, 3.63) is 46.7 Å². The number of carbonyl (C=O) groups is 1. The summed E-state index contributed by atoms with van der Waals surface area (Å²) < 4.78 is 70.5. The number of carbonyl (C=O) groups excluding carboxylic acids is 1. The van der Waals surface area contributed by atoms with Gasteiger partial charge in [0, 0.05) is 36.8 Å². The van der Waals surface area contributed by atoms with E-state index in [1.807, 2.05) is 0 Å². The fourth-order valence-corrected chi connectivity index (χ4v) is 4.63. The second-order valence-electron chi connectivity index (χ2n) is 7.81. The highest BCUT2D eigenvalue weighted by Crippen LogP contribution is 2.36. The van der Waals surface area contributed by atoms with Crippen molar-refractivity contribution in [2.75, 3.05) is 13.1 Å². The summed E-state index contributed by atoms with van der Waals surface area (Å²) in [5, 5.41) is 0.226. The molecule has 1 aromatic carbocycles. The molecule has 0 bridgehead atoms. The molecule has 4 rings (SSSR count). The van der Waals surface area contributed by atoms with Crippen molar-refractivity contribution in [1.29, 1.82) is 0 Å². The molecule has 176 valence electrons. The van der Waals surface area contributed by atoms with Crippen LogP contribution in [0.4, 0.5) is 22.0 Å². The third kappa shape index (κ3) is 5.12. The molecule has 2 atom stereocenters. The molecule has 1 saturated heterocycles. The van der Waals surface area contributed by atoms with Gasteiger partial charge >= 0.3 is 6.18 Å². The van der Waals surface area contributed by atoms with Crippen LogP contribution in [-0.4, -0.2) is 52.2 Å². The van der Waals surface area contributed by atoms with Gasteiger partial charge in [0.1, 0.15) is 5.69 Å². The van der Waals surface area contributed by atoms with Crippen molar-refractivity contribution >= 4 is 28.1 Å². The molecule has 0 spiro atoms. The molecule has 1 aliphatic heterocycles. The van der Waals surface area contributed by atoms with Crippen LogP contribution in [0.25, 0.3) is 21.3 Å². The number of ether oxygens (including phenoxy) is 1. The molecule has 1 fully saturated rings. The first-order chi connectivity index (χ1) is 15.5. The van der Waals surface area contributed by atoms with Crippen LogP contribution < -0.4 is 5.73 Å². The maximum absolute atomic E-state index is 13.2. The molecule has 6 nitrogen and oxygen atoms in total. The molecular weight excluding hydrogens is 467 g/mol. The number of halogens is 5. The number of nitrogens with zero attached hydrogens (tertiary/aromatic N) is 3. The lowest BCUT2D eigenvalue weighted by molar-refractivity contribution is -0.252. The number of aromatic nitrogens is 2. The molecule has 0 radical (unpaired) electrons. The third-order valence-corrected chi connectivity index (χ3v) is 6.25. The number of amides is 1. The molecule has 0 unspecified atom stereocenters. The van der Waals surface area contributed by atoms with Crippen LogP contribution in [0.3, 0.4) is 0 Å². The minimum atomic E-state index is -4.46. The van der Waals surface area contributed by atoms with E-state index in [0.29, 0.717) is 33.5 Å². The number of pyridine rings is 1. The highest BCUT2D eigenvalue weighted by Gasteiger charge is 2.44. The monoisotopic (exact) mass is 486 g/mol. The van der Waals surface area contributed by atoms with Crippen molar-refractivity contribution < 1.29 is 31.5 Å². The predicted octanol–water partition coefficient (Wildman–Crippen LogP) is 4.55. The van der Waals surface area contributed by atoms with Gasteiger partial charge in [-0.1, -0.05) is 12.1 Å². The first kappa shape index (κ1) is 23.5. The van der Waals surface area contributed by atoms with Crippen molar-refractivity contribution in [3.8, 4) is 10.4 Å². The molecule has 12 heteroatoms. The predicted molar refractivity (Wildman–Crippen MR) is 112 cm³/mol. The summed E-state index contributed by atoms with van der Waals surface area (Å²) in [6, 6.07) is 6.51. The molecule has 1 aliphatic rings. The maximum atomic E-state index is 13.2. The summed E-state index contributed by atoms with van der Waals surface area (Å²) in [4.78, 5) is 21.9. The van der Waals surface area contributed by atoms with Crippen molar-refractivity contribution in [2.24, 2.45) is 5.73 Å². The Bertz CT molecular complexity index is 1180. The Hall–Kier alpha value is -2.70. The Balaban J connectivity index is 1.69. The fraction of sp³-hybridized carbons (Fsp3) is 0.381. The average Bonchev–Trinajstić information content (AvgIpc) is 3.22.